The summed E-state index contributed by atoms with van der Waals surface area (Å²) in [6.45, 7) is 2.02. The van der Waals surface area contributed by atoms with Gasteiger partial charge in [0, 0.05) is 5.02 Å². The van der Waals surface area contributed by atoms with E-state index in [1.807, 2.05) is 30.3 Å². The number of urea groups is 1. The van der Waals surface area contributed by atoms with Crippen LogP contribution in [0.4, 0.5) is 10.5 Å². The average molecular weight is 556 g/mol. The van der Waals surface area contributed by atoms with E-state index in [4.69, 9.17) is 21.1 Å². The molecule has 1 aliphatic heterocycles. The van der Waals surface area contributed by atoms with Crippen molar-refractivity contribution in [1.29, 1.82) is 0 Å². The Hall–Kier alpha value is -3.62. The molecule has 0 bridgehead atoms. The molecule has 3 aromatic carbocycles. The highest BCUT2D eigenvalue weighted by atomic mass is 79.9. The third-order valence-electron chi connectivity index (χ3n) is 5.37. The molecule has 1 N–H and O–H groups in total. The van der Waals surface area contributed by atoms with Gasteiger partial charge in [0.2, 0.25) is 0 Å². The van der Waals surface area contributed by atoms with Crippen molar-refractivity contribution < 1.29 is 23.9 Å². The number of carbonyl (C=O) groups is 3. The summed E-state index contributed by atoms with van der Waals surface area (Å²) in [5, 5.41) is 2.61. The lowest BCUT2D eigenvalue weighted by molar-refractivity contribution is -0.122. The molecule has 1 heterocycles. The number of methoxy groups -OCH3 is 1. The highest BCUT2D eigenvalue weighted by molar-refractivity contribution is 9.10. The van der Waals surface area contributed by atoms with Crippen molar-refractivity contribution in [2.45, 2.75) is 13.5 Å². The molecule has 1 saturated heterocycles. The first-order valence-corrected chi connectivity index (χ1v) is 11.7. The lowest BCUT2D eigenvalue weighted by atomic mass is 10.1. The fourth-order valence-corrected chi connectivity index (χ4v) is 4.32. The Morgan fingerprint density at radius 1 is 1.06 bits per heavy atom. The number of rotatable bonds is 6. The summed E-state index contributed by atoms with van der Waals surface area (Å²) in [5.74, 6) is -0.673. The Morgan fingerprint density at radius 3 is 2.51 bits per heavy atom. The molecule has 4 rings (SSSR count). The summed E-state index contributed by atoms with van der Waals surface area (Å²) in [6, 6.07) is 17.0. The number of amides is 4. The molecule has 0 saturated carbocycles. The summed E-state index contributed by atoms with van der Waals surface area (Å²) in [7, 11) is 1.49. The highest BCUT2D eigenvalue weighted by Gasteiger charge is 2.37. The number of barbiturate groups is 1. The minimum absolute atomic E-state index is 0.212. The molecule has 1 aliphatic rings. The summed E-state index contributed by atoms with van der Waals surface area (Å²) < 4.78 is 12.0. The van der Waals surface area contributed by atoms with Gasteiger partial charge >= 0.3 is 6.03 Å². The van der Waals surface area contributed by atoms with Gasteiger partial charge in [-0.05, 0) is 69.9 Å². The van der Waals surface area contributed by atoms with E-state index in [2.05, 4.69) is 21.2 Å². The smallest absolute Gasteiger partial charge is 0.335 e. The molecule has 1 fully saturated rings. The number of anilines is 1. The second-order valence-corrected chi connectivity index (χ2v) is 8.91. The van der Waals surface area contributed by atoms with Crippen LogP contribution in [0.1, 0.15) is 16.7 Å². The predicted octanol–water partition coefficient (Wildman–Crippen LogP) is 5.66. The van der Waals surface area contributed by atoms with Crippen molar-refractivity contribution in [1.82, 2.24) is 5.32 Å². The Morgan fingerprint density at radius 2 is 1.80 bits per heavy atom. The van der Waals surface area contributed by atoms with Crippen LogP contribution in [0, 0.1) is 6.92 Å². The number of hydrogen-bond donors (Lipinski definition) is 1. The Bertz CT molecular complexity index is 1360. The van der Waals surface area contributed by atoms with E-state index in [9.17, 15) is 14.4 Å². The first-order valence-electron chi connectivity index (χ1n) is 10.5. The molecular formula is C26H20BrClN2O5. The Balaban J connectivity index is 1.67. The maximum absolute atomic E-state index is 13.2. The number of hydrogen-bond acceptors (Lipinski definition) is 5. The van der Waals surface area contributed by atoms with Crippen LogP contribution in [0.3, 0.4) is 0 Å². The standard InChI is InChI=1S/C26H20BrClN2O5/c1-15-20(28)9-6-10-21(15)30-25(32)18(24(31)29-26(30)33)11-17-12-19(27)23(22(13-17)34-2)35-14-16-7-4-3-5-8-16/h3-13H,14H2,1-2H3,(H,29,31,33)/b18-11+. The number of halogens is 2. The largest absolute Gasteiger partial charge is 0.493 e. The summed E-state index contributed by atoms with van der Waals surface area (Å²) in [6.07, 6.45) is 1.39. The van der Waals surface area contributed by atoms with Gasteiger partial charge in [0.25, 0.3) is 11.8 Å². The summed E-state index contributed by atoms with van der Waals surface area (Å²) in [5.41, 5.74) is 2.10. The van der Waals surface area contributed by atoms with Crippen LogP contribution in [0.5, 0.6) is 11.5 Å². The molecule has 9 heteroatoms. The van der Waals surface area contributed by atoms with E-state index in [-0.39, 0.29) is 5.57 Å². The number of nitrogens with one attached hydrogen (secondary N) is 1. The second-order valence-electron chi connectivity index (χ2n) is 7.65. The fraction of sp³-hybridized carbons (Fsp3) is 0.115. The van der Waals surface area contributed by atoms with Crippen molar-refractivity contribution in [3.05, 3.63) is 92.4 Å². The summed E-state index contributed by atoms with van der Waals surface area (Å²) in [4.78, 5) is 39.2. The topological polar surface area (TPSA) is 84.9 Å². The first-order chi connectivity index (χ1) is 16.8. The van der Waals surface area contributed by atoms with Crippen LogP contribution in [-0.4, -0.2) is 25.0 Å². The molecule has 7 nitrogen and oxygen atoms in total. The first kappa shape index (κ1) is 24.5. The number of ether oxygens (including phenoxy) is 2. The average Bonchev–Trinajstić information content (AvgIpc) is 2.84. The minimum atomic E-state index is -0.842. The van der Waals surface area contributed by atoms with Gasteiger partial charge in [-0.3, -0.25) is 14.9 Å². The lowest BCUT2D eigenvalue weighted by Crippen LogP contribution is -2.54. The second kappa shape index (κ2) is 10.3. The lowest BCUT2D eigenvalue weighted by Gasteiger charge is -2.27. The third-order valence-corrected chi connectivity index (χ3v) is 6.37. The number of carbonyl (C=O) groups excluding carboxylic acids is 3. The third kappa shape index (κ3) is 5.08. The molecule has 0 unspecified atom stereocenters. The van der Waals surface area contributed by atoms with Gasteiger partial charge < -0.3 is 9.47 Å². The quantitative estimate of drug-likeness (QED) is 0.313. The van der Waals surface area contributed by atoms with Crippen molar-refractivity contribution in [3.63, 3.8) is 0 Å². The van der Waals surface area contributed by atoms with Crippen LogP contribution >= 0.6 is 27.5 Å². The van der Waals surface area contributed by atoms with Crippen molar-refractivity contribution in [2.24, 2.45) is 0 Å². The molecule has 3 aromatic rings. The summed E-state index contributed by atoms with van der Waals surface area (Å²) >= 11 is 9.66. The number of nitrogens with zero attached hydrogens (tertiary/aromatic N) is 1. The molecule has 35 heavy (non-hydrogen) atoms. The molecular weight excluding hydrogens is 536 g/mol. The molecule has 178 valence electrons. The molecule has 0 aliphatic carbocycles. The zero-order chi connectivity index (χ0) is 25.1. The maximum Gasteiger partial charge on any atom is 0.335 e. The molecule has 0 radical (unpaired) electrons. The van der Waals surface area contributed by atoms with E-state index in [1.54, 1.807) is 37.3 Å². The van der Waals surface area contributed by atoms with E-state index in [0.717, 1.165) is 10.5 Å². The predicted molar refractivity (Wildman–Crippen MR) is 137 cm³/mol. The Labute approximate surface area is 215 Å². The van der Waals surface area contributed by atoms with E-state index in [1.165, 1.54) is 13.2 Å². The van der Waals surface area contributed by atoms with Crippen molar-refractivity contribution in [3.8, 4) is 11.5 Å². The van der Waals surface area contributed by atoms with Gasteiger partial charge in [0.1, 0.15) is 12.2 Å². The highest BCUT2D eigenvalue weighted by Crippen LogP contribution is 2.38. The van der Waals surface area contributed by atoms with Crippen molar-refractivity contribution >= 4 is 57.1 Å². The van der Waals surface area contributed by atoms with Gasteiger partial charge in [-0.1, -0.05) is 48.0 Å². The zero-order valence-corrected chi connectivity index (χ0v) is 21.1. The van der Waals surface area contributed by atoms with Crippen LogP contribution in [-0.2, 0) is 16.2 Å². The van der Waals surface area contributed by atoms with Crippen LogP contribution in [0.25, 0.3) is 6.08 Å². The normalized spacial score (nSPS) is 14.8. The van der Waals surface area contributed by atoms with Gasteiger partial charge in [-0.2, -0.15) is 0 Å². The molecule has 0 spiro atoms. The molecule has 0 atom stereocenters. The zero-order valence-electron chi connectivity index (χ0n) is 18.8. The monoisotopic (exact) mass is 554 g/mol. The molecule has 4 amide bonds. The molecule has 0 aromatic heterocycles. The SMILES string of the molecule is COc1cc(/C=C2\C(=O)NC(=O)N(c3cccc(Cl)c3C)C2=O)cc(Br)c1OCc1ccccc1. The Kier molecular flexibility index (Phi) is 7.23. The maximum atomic E-state index is 13.2. The van der Waals surface area contributed by atoms with Gasteiger partial charge in [0.05, 0.1) is 17.3 Å². The number of imide groups is 2. The van der Waals surface area contributed by atoms with Gasteiger partial charge in [0.15, 0.2) is 11.5 Å². The van der Waals surface area contributed by atoms with Gasteiger partial charge in [-0.25, -0.2) is 9.69 Å². The fourth-order valence-electron chi connectivity index (χ4n) is 3.57. The minimum Gasteiger partial charge on any atom is -0.493 e. The van der Waals surface area contributed by atoms with E-state index in [0.29, 0.717) is 44.4 Å². The van der Waals surface area contributed by atoms with E-state index >= 15 is 0 Å². The van der Waals surface area contributed by atoms with Crippen LogP contribution in [0.2, 0.25) is 5.02 Å². The van der Waals surface area contributed by atoms with Crippen LogP contribution in [0.15, 0.2) is 70.7 Å². The number of benzene rings is 3. The van der Waals surface area contributed by atoms with Gasteiger partial charge in [-0.15, -0.1) is 0 Å². The van der Waals surface area contributed by atoms with Crippen LogP contribution < -0.4 is 19.7 Å². The van der Waals surface area contributed by atoms with Crippen molar-refractivity contribution in [2.75, 3.05) is 12.0 Å². The van der Waals surface area contributed by atoms with E-state index < -0.39 is 17.8 Å².